The lowest BCUT2D eigenvalue weighted by atomic mass is 10.2. The zero-order chi connectivity index (χ0) is 12.4. The molecule has 0 amide bonds. The first kappa shape index (κ1) is 11.9. The van der Waals surface area contributed by atoms with Crippen molar-refractivity contribution in [3.05, 3.63) is 33.9 Å². The Bertz CT molecular complexity index is 472. The quantitative estimate of drug-likeness (QED) is 0.651. The highest BCUT2D eigenvalue weighted by atomic mass is 32.2. The van der Waals surface area contributed by atoms with Crippen molar-refractivity contribution in [1.29, 1.82) is 0 Å². The summed E-state index contributed by atoms with van der Waals surface area (Å²) in [6, 6.07) is 3.80. The number of thioether (sulfide) groups is 1. The van der Waals surface area contributed by atoms with Crippen LogP contribution >= 0.6 is 11.8 Å². The maximum Gasteiger partial charge on any atom is 0.335 e. The van der Waals surface area contributed by atoms with Crippen LogP contribution in [0, 0.1) is 10.1 Å². The van der Waals surface area contributed by atoms with Crippen molar-refractivity contribution in [2.75, 3.05) is 13.2 Å². The molecule has 1 N–H and O–H groups in total. The van der Waals surface area contributed by atoms with E-state index in [9.17, 15) is 14.9 Å². The van der Waals surface area contributed by atoms with Crippen LogP contribution in [0.5, 0.6) is 0 Å². The van der Waals surface area contributed by atoms with Gasteiger partial charge in [0.15, 0.2) is 0 Å². The molecule has 0 atom stereocenters. The van der Waals surface area contributed by atoms with E-state index in [0.29, 0.717) is 18.1 Å². The van der Waals surface area contributed by atoms with Gasteiger partial charge in [0, 0.05) is 6.07 Å². The van der Waals surface area contributed by atoms with Gasteiger partial charge in [0.05, 0.1) is 33.8 Å². The van der Waals surface area contributed by atoms with Crippen molar-refractivity contribution in [2.45, 2.75) is 10.1 Å². The van der Waals surface area contributed by atoms with Crippen molar-refractivity contribution in [3.8, 4) is 0 Å². The Morgan fingerprint density at radius 3 is 2.71 bits per heavy atom. The van der Waals surface area contributed by atoms with Crippen LogP contribution in [0.3, 0.4) is 0 Å². The third kappa shape index (κ3) is 2.56. The maximum atomic E-state index is 10.8. The number of nitrogens with zero attached hydrogens (tertiary/aromatic N) is 1. The predicted octanol–water partition coefficient (Wildman–Crippen LogP) is 1.78. The van der Waals surface area contributed by atoms with E-state index in [0.717, 1.165) is 0 Å². The van der Waals surface area contributed by atoms with Crippen LogP contribution in [-0.4, -0.2) is 34.5 Å². The van der Waals surface area contributed by atoms with E-state index < -0.39 is 10.9 Å². The van der Waals surface area contributed by atoms with Crippen molar-refractivity contribution in [3.63, 3.8) is 0 Å². The van der Waals surface area contributed by atoms with Crippen LogP contribution in [-0.2, 0) is 4.74 Å². The smallest absolute Gasteiger partial charge is 0.335 e. The molecule has 1 aromatic carbocycles. The molecule has 0 spiro atoms. The van der Waals surface area contributed by atoms with E-state index in [-0.39, 0.29) is 16.5 Å². The standard InChI is InChI=1S/C10H9NO5S/c12-10(13)6-1-2-8(11(14)15)9(3-6)17-7-4-16-5-7/h1-3,7H,4-5H2,(H,12,13). The number of benzene rings is 1. The number of hydrogen-bond donors (Lipinski definition) is 1. The minimum Gasteiger partial charge on any atom is -0.478 e. The van der Waals surface area contributed by atoms with Crippen molar-refractivity contribution < 1.29 is 19.6 Å². The molecule has 0 aromatic heterocycles. The third-order valence-corrected chi connectivity index (χ3v) is 3.49. The third-order valence-electron chi connectivity index (χ3n) is 2.30. The summed E-state index contributed by atoms with van der Waals surface area (Å²) in [6.45, 7) is 1.08. The first-order valence-electron chi connectivity index (χ1n) is 4.84. The van der Waals surface area contributed by atoms with E-state index in [2.05, 4.69) is 0 Å². The monoisotopic (exact) mass is 255 g/mol. The zero-order valence-corrected chi connectivity index (χ0v) is 9.48. The summed E-state index contributed by atoms with van der Waals surface area (Å²) in [7, 11) is 0. The van der Waals surface area contributed by atoms with E-state index in [4.69, 9.17) is 9.84 Å². The Hall–Kier alpha value is -1.60. The van der Waals surface area contributed by atoms with Gasteiger partial charge in [0.25, 0.3) is 5.69 Å². The van der Waals surface area contributed by atoms with E-state index >= 15 is 0 Å². The number of nitro groups is 1. The predicted molar refractivity (Wildman–Crippen MR) is 60.5 cm³/mol. The second kappa shape index (κ2) is 4.72. The van der Waals surface area contributed by atoms with Gasteiger partial charge < -0.3 is 9.84 Å². The van der Waals surface area contributed by atoms with Crippen LogP contribution in [0.25, 0.3) is 0 Å². The number of hydrogen-bond acceptors (Lipinski definition) is 5. The van der Waals surface area contributed by atoms with Crippen LogP contribution < -0.4 is 0 Å². The normalized spacial score (nSPS) is 15.3. The number of carboxylic acids is 1. The largest absolute Gasteiger partial charge is 0.478 e. The minimum atomic E-state index is -1.09. The van der Waals surface area contributed by atoms with Crippen LogP contribution in [0.2, 0.25) is 0 Å². The summed E-state index contributed by atoms with van der Waals surface area (Å²) in [5.41, 5.74) is -0.00904. The van der Waals surface area contributed by atoms with Gasteiger partial charge >= 0.3 is 5.97 Å². The second-order valence-electron chi connectivity index (χ2n) is 3.52. The molecule has 0 aliphatic carbocycles. The molecule has 6 nitrogen and oxygen atoms in total. The zero-order valence-electron chi connectivity index (χ0n) is 8.66. The van der Waals surface area contributed by atoms with Crippen molar-refractivity contribution in [1.82, 2.24) is 0 Å². The Kier molecular flexibility index (Phi) is 3.30. The van der Waals surface area contributed by atoms with Crippen molar-refractivity contribution in [2.24, 2.45) is 0 Å². The number of carboxylic acid groups (broad SMARTS) is 1. The number of ether oxygens (including phenoxy) is 1. The summed E-state index contributed by atoms with van der Waals surface area (Å²) >= 11 is 1.29. The lowest BCUT2D eigenvalue weighted by molar-refractivity contribution is -0.387. The molecular weight excluding hydrogens is 246 g/mol. The lowest BCUT2D eigenvalue weighted by Gasteiger charge is -2.25. The molecule has 17 heavy (non-hydrogen) atoms. The summed E-state index contributed by atoms with van der Waals surface area (Å²) in [5.74, 6) is -1.09. The van der Waals surface area contributed by atoms with Crippen molar-refractivity contribution >= 4 is 23.4 Å². The lowest BCUT2D eigenvalue weighted by Crippen LogP contribution is -2.30. The van der Waals surface area contributed by atoms with Gasteiger partial charge in [0.1, 0.15) is 0 Å². The van der Waals surface area contributed by atoms with Gasteiger partial charge in [-0.25, -0.2) is 4.79 Å². The molecular formula is C10H9NO5S. The Labute approximate surface area is 101 Å². The second-order valence-corrected chi connectivity index (χ2v) is 4.86. The van der Waals surface area contributed by atoms with E-state index in [1.165, 1.54) is 30.0 Å². The molecule has 0 saturated carbocycles. The first-order chi connectivity index (χ1) is 8.08. The summed E-state index contributed by atoms with van der Waals surface area (Å²) < 4.78 is 4.98. The topological polar surface area (TPSA) is 89.7 Å². The summed E-state index contributed by atoms with van der Waals surface area (Å²) in [6.07, 6.45) is 0. The maximum absolute atomic E-state index is 10.8. The number of rotatable bonds is 4. The average molecular weight is 255 g/mol. The van der Waals surface area contributed by atoms with Gasteiger partial charge in [-0.05, 0) is 12.1 Å². The molecule has 1 saturated heterocycles. The van der Waals surface area contributed by atoms with Gasteiger partial charge in [-0.2, -0.15) is 0 Å². The molecule has 0 radical (unpaired) electrons. The van der Waals surface area contributed by atoms with E-state index in [1.54, 1.807) is 0 Å². The molecule has 1 aliphatic heterocycles. The molecule has 1 aliphatic rings. The fourth-order valence-electron chi connectivity index (χ4n) is 1.35. The number of nitro benzene ring substituents is 1. The average Bonchev–Trinajstić information content (AvgIpc) is 2.22. The van der Waals surface area contributed by atoms with Gasteiger partial charge in [-0.3, -0.25) is 10.1 Å². The highest BCUT2D eigenvalue weighted by molar-refractivity contribution is 8.00. The molecule has 1 heterocycles. The molecule has 2 rings (SSSR count). The fraction of sp³-hybridized carbons (Fsp3) is 0.300. The highest BCUT2D eigenvalue weighted by Gasteiger charge is 2.25. The Morgan fingerprint density at radius 1 is 1.53 bits per heavy atom. The van der Waals surface area contributed by atoms with Crippen LogP contribution in [0.15, 0.2) is 23.1 Å². The SMILES string of the molecule is O=C(O)c1ccc([N+](=O)[O-])c(SC2COC2)c1. The summed E-state index contributed by atoms with van der Waals surface area (Å²) in [4.78, 5) is 21.5. The van der Waals surface area contributed by atoms with Gasteiger partial charge in [-0.1, -0.05) is 0 Å². The molecule has 1 aromatic rings. The van der Waals surface area contributed by atoms with Gasteiger partial charge in [-0.15, -0.1) is 11.8 Å². The van der Waals surface area contributed by atoms with E-state index in [1.807, 2.05) is 0 Å². The molecule has 90 valence electrons. The summed E-state index contributed by atoms with van der Waals surface area (Å²) in [5, 5.41) is 19.8. The minimum absolute atomic E-state index is 0.0540. The Morgan fingerprint density at radius 2 is 2.24 bits per heavy atom. The first-order valence-corrected chi connectivity index (χ1v) is 5.72. The van der Waals surface area contributed by atoms with Crippen LogP contribution in [0.1, 0.15) is 10.4 Å². The number of carbonyl (C=O) groups is 1. The van der Waals surface area contributed by atoms with Crippen LogP contribution in [0.4, 0.5) is 5.69 Å². The number of aromatic carboxylic acids is 1. The molecule has 0 bridgehead atoms. The molecule has 1 fully saturated rings. The van der Waals surface area contributed by atoms with Gasteiger partial charge in [0.2, 0.25) is 0 Å². The molecule has 0 unspecified atom stereocenters. The Balaban J connectivity index is 2.32. The fourth-order valence-corrected chi connectivity index (χ4v) is 2.50. The molecule has 7 heteroatoms. The highest BCUT2D eigenvalue weighted by Crippen LogP contribution is 2.35.